The molecule has 0 saturated heterocycles. The van der Waals surface area contributed by atoms with Gasteiger partial charge >= 0.3 is 6.61 Å². The minimum Gasteiger partial charge on any atom is -0.435 e. The predicted molar refractivity (Wildman–Crippen MR) is 78.3 cm³/mol. The van der Waals surface area contributed by atoms with Crippen molar-refractivity contribution in [1.29, 1.82) is 0 Å². The molecule has 1 amide bonds. The van der Waals surface area contributed by atoms with E-state index >= 15 is 0 Å². The van der Waals surface area contributed by atoms with Gasteiger partial charge in [-0.05, 0) is 37.6 Å². The van der Waals surface area contributed by atoms with Gasteiger partial charge in [-0.3, -0.25) is 4.79 Å². The third-order valence-corrected chi connectivity index (χ3v) is 2.92. The van der Waals surface area contributed by atoms with E-state index in [0.29, 0.717) is 17.9 Å². The van der Waals surface area contributed by atoms with Gasteiger partial charge in [0.05, 0.1) is 5.69 Å². The van der Waals surface area contributed by atoms with E-state index < -0.39 is 6.61 Å². The molecule has 1 N–H and O–H groups in total. The number of hydrogen-bond donors (Lipinski definition) is 1. The monoisotopic (exact) mass is 309 g/mol. The second-order valence-electron chi connectivity index (χ2n) is 4.75. The van der Waals surface area contributed by atoms with Gasteiger partial charge in [-0.1, -0.05) is 6.92 Å². The van der Waals surface area contributed by atoms with Crippen LogP contribution in [0.1, 0.15) is 29.4 Å². The molecule has 22 heavy (non-hydrogen) atoms. The second-order valence-corrected chi connectivity index (χ2v) is 4.75. The SMILES string of the molecule is CCCn1nc(C)cc1NC(=O)c1ccc(OC(F)F)cc1. The molecule has 5 nitrogen and oxygen atoms in total. The molecule has 1 aromatic heterocycles. The number of carbonyl (C=O) groups is 1. The van der Waals surface area contributed by atoms with Gasteiger partial charge in [0.2, 0.25) is 0 Å². The zero-order chi connectivity index (χ0) is 16.1. The smallest absolute Gasteiger partial charge is 0.387 e. The Morgan fingerprint density at radius 1 is 1.36 bits per heavy atom. The molecule has 1 aromatic carbocycles. The molecular formula is C15H17F2N3O2. The van der Waals surface area contributed by atoms with Crippen molar-refractivity contribution in [3.8, 4) is 5.75 Å². The molecule has 1 heterocycles. The van der Waals surface area contributed by atoms with Gasteiger partial charge < -0.3 is 10.1 Å². The lowest BCUT2D eigenvalue weighted by Gasteiger charge is -2.09. The summed E-state index contributed by atoms with van der Waals surface area (Å²) in [4.78, 5) is 12.2. The van der Waals surface area contributed by atoms with Gasteiger partial charge in [-0.15, -0.1) is 0 Å². The van der Waals surface area contributed by atoms with Crippen molar-refractivity contribution in [2.24, 2.45) is 0 Å². The number of halogens is 2. The second kappa shape index (κ2) is 7.02. The Balaban J connectivity index is 2.09. The molecule has 0 aliphatic rings. The van der Waals surface area contributed by atoms with Crippen molar-refractivity contribution in [3.63, 3.8) is 0 Å². The van der Waals surface area contributed by atoms with E-state index in [1.807, 2.05) is 13.8 Å². The summed E-state index contributed by atoms with van der Waals surface area (Å²) in [6.45, 7) is 1.68. The minimum atomic E-state index is -2.88. The number of alkyl halides is 2. The Bertz CT molecular complexity index is 639. The standard InChI is InChI=1S/C15H17F2N3O2/c1-3-8-20-13(9-10(2)19-20)18-14(21)11-4-6-12(7-5-11)22-15(16)17/h4-7,9,15H,3,8H2,1-2H3,(H,18,21). The average molecular weight is 309 g/mol. The number of amides is 1. The first-order valence-corrected chi connectivity index (χ1v) is 6.90. The fraction of sp³-hybridized carbons (Fsp3) is 0.333. The molecule has 0 spiro atoms. The fourth-order valence-corrected chi connectivity index (χ4v) is 2.00. The van der Waals surface area contributed by atoms with Gasteiger partial charge in [0.25, 0.3) is 5.91 Å². The number of benzene rings is 1. The summed E-state index contributed by atoms with van der Waals surface area (Å²) in [5, 5.41) is 7.06. The zero-order valence-electron chi connectivity index (χ0n) is 12.3. The first-order valence-electron chi connectivity index (χ1n) is 6.90. The number of aromatic nitrogens is 2. The summed E-state index contributed by atoms with van der Waals surface area (Å²) < 4.78 is 30.1. The molecule has 7 heteroatoms. The van der Waals surface area contributed by atoms with E-state index in [4.69, 9.17) is 0 Å². The quantitative estimate of drug-likeness (QED) is 0.889. The third kappa shape index (κ3) is 4.03. The lowest BCUT2D eigenvalue weighted by atomic mass is 10.2. The van der Waals surface area contributed by atoms with Gasteiger partial charge in [-0.25, -0.2) is 4.68 Å². The van der Waals surface area contributed by atoms with Crippen molar-refractivity contribution in [3.05, 3.63) is 41.6 Å². The molecule has 0 radical (unpaired) electrons. The largest absolute Gasteiger partial charge is 0.435 e. The number of nitrogens with one attached hydrogen (secondary N) is 1. The van der Waals surface area contributed by atoms with E-state index in [1.54, 1.807) is 10.7 Å². The Morgan fingerprint density at radius 2 is 2.05 bits per heavy atom. The van der Waals surface area contributed by atoms with Crippen molar-refractivity contribution < 1.29 is 18.3 Å². The lowest BCUT2D eigenvalue weighted by molar-refractivity contribution is -0.0498. The summed E-state index contributed by atoms with van der Waals surface area (Å²) >= 11 is 0. The summed E-state index contributed by atoms with van der Waals surface area (Å²) in [6, 6.07) is 7.30. The van der Waals surface area contributed by atoms with Gasteiger partial charge in [0, 0.05) is 18.2 Å². The topological polar surface area (TPSA) is 56.2 Å². The van der Waals surface area contributed by atoms with Crippen LogP contribution in [0.15, 0.2) is 30.3 Å². The molecule has 2 aromatic rings. The van der Waals surface area contributed by atoms with E-state index in [0.717, 1.165) is 12.1 Å². The molecule has 118 valence electrons. The number of nitrogens with zero attached hydrogens (tertiary/aromatic N) is 2. The number of aryl methyl sites for hydroxylation is 2. The van der Waals surface area contributed by atoms with Gasteiger partial charge in [0.1, 0.15) is 11.6 Å². The Kier molecular flexibility index (Phi) is 5.08. The Hall–Kier alpha value is -2.44. The van der Waals surface area contributed by atoms with E-state index in [2.05, 4.69) is 15.2 Å². The molecular weight excluding hydrogens is 292 g/mol. The first kappa shape index (κ1) is 15.9. The summed E-state index contributed by atoms with van der Waals surface area (Å²) in [6.07, 6.45) is 0.893. The third-order valence-electron chi connectivity index (χ3n) is 2.92. The van der Waals surface area contributed by atoms with Crippen LogP contribution in [-0.4, -0.2) is 22.3 Å². The molecule has 2 rings (SSSR count). The van der Waals surface area contributed by atoms with Gasteiger partial charge in [0.15, 0.2) is 0 Å². The van der Waals surface area contributed by atoms with Crippen LogP contribution in [0.5, 0.6) is 5.75 Å². The highest BCUT2D eigenvalue weighted by Crippen LogP contribution is 2.17. The van der Waals surface area contributed by atoms with Crippen LogP contribution in [0.25, 0.3) is 0 Å². The van der Waals surface area contributed by atoms with Crippen molar-refractivity contribution in [2.75, 3.05) is 5.32 Å². The van der Waals surface area contributed by atoms with Crippen LogP contribution >= 0.6 is 0 Å². The van der Waals surface area contributed by atoms with Crippen molar-refractivity contribution >= 4 is 11.7 Å². The first-order chi connectivity index (χ1) is 10.5. The summed E-state index contributed by atoms with van der Waals surface area (Å²) in [7, 11) is 0. The van der Waals surface area contributed by atoms with Crippen LogP contribution < -0.4 is 10.1 Å². The average Bonchev–Trinajstić information content (AvgIpc) is 2.79. The van der Waals surface area contributed by atoms with Crippen LogP contribution in [-0.2, 0) is 6.54 Å². The van der Waals surface area contributed by atoms with Crippen LogP contribution in [0.2, 0.25) is 0 Å². The highest BCUT2D eigenvalue weighted by Gasteiger charge is 2.11. The normalized spacial score (nSPS) is 10.8. The molecule has 0 aliphatic heterocycles. The molecule has 0 aliphatic carbocycles. The Labute approximate surface area is 126 Å². The maximum absolute atomic E-state index is 12.2. The van der Waals surface area contributed by atoms with Crippen molar-refractivity contribution in [1.82, 2.24) is 9.78 Å². The molecule has 0 unspecified atom stereocenters. The number of ether oxygens (including phenoxy) is 1. The molecule has 0 saturated carbocycles. The summed E-state index contributed by atoms with van der Waals surface area (Å²) in [5.74, 6) is 0.288. The number of anilines is 1. The van der Waals surface area contributed by atoms with E-state index in [1.165, 1.54) is 24.3 Å². The Morgan fingerprint density at radius 3 is 2.64 bits per heavy atom. The zero-order valence-corrected chi connectivity index (χ0v) is 12.3. The maximum Gasteiger partial charge on any atom is 0.387 e. The van der Waals surface area contributed by atoms with Gasteiger partial charge in [-0.2, -0.15) is 13.9 Å². The molecule has 0 bridgehead atoms. The fourth-order valence-electron chi connectivity index (χ4n) is 2.00. The number of hydrogen-bond acceptors (Lipinski definition) is 3. The highest BCUT2D eigenvalue weighted by molar-refractivity contribution is 6.03. The van der Waals surface area contributed by atoms with Crippen LogP contribution in [0.3, 0.4) is 0 Å². The molecule has 0 fully saturated rings. The van der Waals surface area contributed by atoms with Crippen LogP contribution in [0.4, 0.5) is 14.6 Å². The highest BCUT2D eigenvalue weighted by atomic mass is 19.3. The maximum atomic E-state index is 12.2. The minimum absolute atomic E-state index is 0.0124. The van der Waals surface area contributed by atoms with E-state index in [-0.39, 0.29) is 11.7 Å². The lowest BCUT2D eigenvalue weighted by Crippen LogP contribution is -2.15. The van der Waals surface area contributed by atoms with E-state index in [9.17, 15) is 13.6 Å². The predicted octanol–water partition coefficient (Wildman–Crippen LogP) is 3.46. The molecule has 0 atom stereocenters. The number of carbonyl (C=O) groups excluding carboxylic acids is 1. The summed E-state index contributed by atoms with van der Waals surface area (Å²) in [5.41, 5.74) is 1.16. The van der Waals surface area contributed by atoms with Crippen LogP contribution in [0, 0.1) is 6.92 Å². The number of rotatable bonds is 6. The van der Waals surface area contributed by atoms with Crippen molar-refractivity contribution in [2.45, 2.75) is 33.4 Å².